The van der Waals surface area contributed by atoms with Gasteiger partial charge in [0.2, 0.25) is 0 Å². The molecule has 0 heterocycles. The van der Waals surface area contributed by atoms with E-state index in [1.54, 1.807) is 0 Å². The molecule has 0 bridgehead atoms. The van der Waals surface area contributed by atoms with Crippen LogP contribution in [0, 0.1) is 13.8 Å². The second-order valence-corrected chi connectivity index (χ2v) is 3.07. The van der Waals surface area contributed by atoms with Crippen molar-refractivity contribution in [3.63, 3.8) is 0 Å². The van der Waals surface area contributed by atoms with Crippen molar-refractivity contribution in [3.8, 4) is 0 Å². The highest BCUT2D eigenvalue weighted by atomic mass is 35.5. The van der Waals surface area contributed by atoms with Crippen LogP contribution in [0.3, 0.4) is 0 Å². The van der Waals surface area contributed by atoms with Gasteiger partial charge in [-0.15, -0.1) is 11.6 Å². The van der Waals surface area contributed by atoms with Crippen LogP contribution in [-0.4, -0.2) is 5.88 Å². The van der Waals surface area contributed by atoms with Crippen LogP contribution in [0.25, 0.3) is 0 Å². The summed E-state index contributed by atoms with van der Waals surface area (Å²) in [4.78, 5) is 0. The van der Waals surface area contributed by atoms with Crippen LogP contribution in [0.2, 0.25) is 0 Å². The number of rotatable bonds is 2. The average molecular weight is 168 g/mol. The minimum atomic E-state index is 0.219. The van der Waals surface area contributed by atoms with E-state index in [9.17, 15) is 0 Å². The maximum absolute atomic E-state index is 5.68. The molecule has 0 nitrogen and oxygen atoms in total. The van der Waals surface area contributed by atoms with E-state index in [4.69, 9.17) is 11.6 Å². The third-order valence-corrected chi connectivity index (χ3v) is 2.07. The Morgan fingerprint density at radius 2 is 2.27 bits per heavy atom. The van der Waals surface area contributed by atoms with Crippen molar-refractivity contribution < 1.29 is 0 Å². The van der Waals surface area contributed by atoms with Crippen molar-refractivity contribution in [2.45, 2.75) is 12.8 Å². The lowest BCUT2D eigenvalue weighted by atomic mass is 10.0. The molecule has 1 heteroatoms. The molecular weight excluding hydrogens is 156 g/mol. The van der Waals surface area contributed by atoms with E-state index < -0.39 is 0 Å². The van der Waals surface area contributed by atoms with Gasteiger partial charge in [-0.25, -0.2) is 0 Å². The van der Waals surface area contributed by atoms with Crippen LogP contribution in [0.5, 0.6) is 0 Å². The Morgan fingerprint density at radius 1 is 1.55 bits per heavy atom. The zero-order chi connectivity index (χ0) is 8.27. The van der Waals surface area contributed by atoms with Crippen molar-refractivity contribution in [1.29, 1.82) is 0 Å². The second-order valence-electron chi connectivity index (χ2n) is 2.77. The topological polar surface area (TPSA) is 0 Å². The molecule has 1 unspecified atom stereocenters. The number of hydrogen-bond donors (Lipinski definition) is 0. The van der Waals surface area contributed by atoms with Crippen LogP contribution in [-0.2, 0) is 0 Å². The lowest BCUT2D eigenvalue weighted by molar-refractivity contribution is 0.970. The summed E-state index contributed by atoms with van der Waals surface area (Å²) < 4.78 is 0. The summed E-state index contributed by atoms with van der Waals surface area (Å²) in [6.07, 6.45) is 0. The Bertz CT molecular complexity index is 230. The van der Waals surface area contributed by atoms with Crippen LogP contribution in [0.15, 0.2) is 24.3 Å². The lowest BCUT2D eigenvalue weighted by Gasteiger charge is -2.07. The van der Waals surface area contributed by atoms with E-state index in [2.05, 4.69) is 32.0 Å². The summed E-state index contributed by atoms with van der Waals surface area (Å²) in [5.74, 6) is 0.806. The van der Waals surface area contributed by atoms with E-state index in [-0.39, 0.29) is 5.92 Å². The molecule has 0 aliphatic rings. The number of benzene rings is 1. The molecule has 0 aromatic heterocycles. The highest BCUT2D eigenvalue weighted by Gasteiger charge is 2.02. The Hall–Kier alpha value is -0.490. The Kier molecular flexibility index (Phi) is 2.95. The summed E-state index contributed by atoms with van der Waals surface area (Å²) in [6.45, 7) is 6.01. The molecule has 1 aromatic rings. The number of aryl methyl sites for hydroxylation is 1. The molecule has 0 fully saturated rings. The van der Waals surface area contributed by atoms with E-state index in [0.29, 0.717) is 5.88 Å². The molecule has 0 aliphatic heterocycles. The molecule has 0 aliphatic carbocycles. The molecule has 0 spiro atoms. The first-order valence-corrected chi connectivity index (χ1v) is 4.23. The quantitative estimate of drug-likeness (QED) is 0.594. The highest BCUT2D eigenvalue weighted by Crippen LogP contribution is 2.16. The summed E-state index contributed by atoms with van der Waals surface area (Å²) in [7, 11) is 0. The predicted octanol–water partition coefficient (Wildman–Crippen LogP) is 3.15. The van der Waals surface area contributed by atoms with Gasteiger partial charge in [0.05, 0.1) is 0 Å². The van der Waals surface area contributed by atoms with Crippen molar-refractivity contribution in [2.75, 3.05) is 5.88 Å². The SMILES string of the molecule is [CH2]C(CCl)c1cccc(C)c1. The van der Waals surface area contributed by atoms with Crippen LogP contribution < -0.4 is 0 Å². The fourth-order valence-electron chi connectivity index (χ4n) is 1.01. The number of halogens is 1. The van der Waals surface area contributed by atoms with E-state index in [1.807, 2.05) is 6.07 Å². The van der Waals surface area contributed by atoms with Crippen molar-refractivity contribution >= 4 is 11.6 Å². The summed E-state index contributed by atoms with van der Waals surface area (Å²) in [5, 5.41) is 0. The Balaban J connectivity index is 2.86. The van der Waals surface area contributed by atoms with Gasteiger partial charge < -0.3 is 0 Å². The van der Waals surface area contributed by atoms with Crippen molar-refractivity contribution in [1.82, 2.24) is 0 Å². The standard InChI is InChI=1S/C10H12Cl/c1-8-4-3-5-10(6-8)9(2)7-11/h3-6,9H,2,7H2,1H3. The molecule has 1 rings (SSSR count). The van der Waals surface area contributed by atoms with Gasteiger partial charge in [-0.05, 0) is 25.3 Å². The molecule has 1 aromatic carbocycles. The molecule has 0 saturated carbocycles. The Labute approximate surface area is 73.2 Å². The van der Waals surface area contributed by atoms with Crippen LogP contribution in [0.4, 0.5) is 0 Å². The van der Waals surface area contributed by atoms with Gasteiger partial charge in [-0.2, -0.15) is 0 Å². The molecule has 0 saturated heterocycles. The average Bonchev–Trinajstić information content (AvgIpc) is 2.03. The summed E-state index contributed by atoms with van der Waals surface area (Å²) >= 11 is 5.68. The zero-order valence-corrected chi connectivity index (χ0v) is 7.43. The molecule has 1 atom stereocenters. The lowest BCUT2D eigenvalue weighted by Crippen LogP contribution is -1.94. The summed E-state index contributed by atoms with van der Waals surface area (Å²) in [5.41, 5.74) is 2.49. The number of alkyl halides is 1. The smallest absolute Gasteiger partial charge is 0.0292 e. The first-order chi connectivity index (χ1) is 5.24. The van der Waals surface area contributed by atoms with Gasteiger partial charge in [0.15, 0.2) is 0 Å². The van der Waals surface area contributed by atoms with Crippen molar-refractivity contribution in [2.24, 2.45) is 0 Å². The zero-order valence-electron chi connectivity index (χ0n) is 6.68. The van der Waals surface area contributed by atoms with Crippen LogP contribution in [0.1, 0.15) is 17.0 Å². The van der Waals surface area contributed by atoms with Gasteiger partial charge in [0.25, 0.3) is 0 Å². The number of hydrogen-bond acceptors (Lipinski definition) is 0. The molecule has 0 amide bonds. The normalized spacial score (nSPS) is 13.0. The van der Waals surface area contributed by atoms with Crippen molar-refractivity contribution in [3.05, 3.63) is 42.3 Å². The van der Waals surface area contributed by atoms with Crippen LogP contribution >= 0.6 is 11.6 Å². The minimum Gasteiger partial charge on any atom is -0.126 e. The molecule has 0 N–H and O–H groups in total. The minimum absolute atomic E-state index is 0.219. The van der Waals surface area contributed by atoms with Gasteiger partial charge in [-0.1, -0.05) is 29.8 Å². The predicted molar refractivity (Wildman–Crippen MR) is 50.0 cm³/mol. The van der Waals surface area contributed by atoms with E-state index in [1.165, 1.54) is 11.1 Å². The van der Waals surface area contributed by atoms with Gasteiger partial charge >= 0.3 is 0 Å². The largest absolute Gasteiger partial charge is 0.126 e. The molecular formula is C10H12Cl. The maximum atomic E-state index is 5.68. The monoisotopic (exact) mass is 167 g/mol. The van der Waals surface area contributed by atoms with Gasteiger partial charge in [0.1, 0.15) is 0 Å². The van der Waals surface area contributed by atoms with Gasteiger partial charge in [0, 0.05) is 5.88 Å². The fraction of sp³-hybridized carbons (Fsp3) is 0.300. The molecule has 59 valence electrons. The Morgan fingerprint density at radius 3 is 2.82 bits per heavy atom. The first-order valence-electron chi connectivity index (χ1n) is 3.69. The summed E-state index contributed by atoms with van der Waals surface area (Å²) in [6, 6.07) is 8.30. The fourth-order valence-corrected chi connectivity index (χ4v) is 1.19. The third kappa shape index (κ3) is 2.23. The first kappa shape index (κ1) is 8.61. The van der Waals surface area contributed by atoms with E-state index >= 15 is 0 Å². The molecule has 1 radical (unpaired) electrons. The van der Waals surface area contributed by atoms with Gasteiger partial charge in [-0.3, -0.25) is 0 Å². The maximum Gasteiger partial charge on any atom is 0.0292 e. The third-order valence-electron chi connectivity index (χ3n) is 1.70. The second kappa shape index (κ2) is 3.77. The van der Waals surface area contributed by atoms with E-state index in [0.717, 1.165) is 0 Å². The molecule has 11 heavy (non-hydrogen) atoms. The highest BCUT2D eigenvalue weighted by molar-refractivity contribution is 6.18.